The summed E-state index contributed by atoms with van der Waals surface area (Å²) in [7, 11) is 0. The van der Waals surface area contributed by atoms with E-state index in [9.17, 15) is 4.79 Å². The molecule has 1 amide bonds. The van der Waals surface area contributed by atoms with Crippen LogP contribution in [0.25, 0.3) is 0 Å². The molecule has 0 aliphatic heterocycles. The first-order chi connectivity index (χ1) is 10.7. The molecule has 0 aliphatic rings. The highest BCUT2D eigenvalue weighted by Gasteiger charge is 2.09. The summed E-state index contributed by atoms with van der Waals surface area (Å²) in [6.07, 6.45) is 5.06. The molecule has 2 rings (SSSR count). The van der Waals surface area contributed by atoms with E-state index in [0.29, 0.717) is 11.5 Å². The molecule has 0 radical (unpaired) electrons. The van der Waals surface area contributed by atoms with Gasteiger partial charge in [-0.15, -0.1) is 0 Å². The van der Waals surface area contributed by atoms with Crippen LogP contribution in [-0.4, -0.2) is 29.4 Å². The van der Waals surface area contributed by atoms with Gasteiger partial charge >= 0.3 is 0 Å². The minimum absolute atomic E-state index is 0.269. The highest BCUT2D eigenvalue weighted by atomic mass is 32.2. The lowest BCUT2D eigenvalue weighted by Crippen LogP contribution is -2.16. The van der Waals surface area contributed by atoms with Gasteiger partial charge in [0.05, 0.1) is 0 Å². The summed E-state index contributed by atoms with van der Waals surface area (Å²) in [5.74, 6) is 1.60. The molecule has 0 fully saturated rings. The smallest absolute Gasteiger partial charge is 0.254 e. The van der Waals surface area contributed by atoms with Crippen molar-refractivity contribution in [1.29, 1.82) is 0 Å². The number of amides is 1. The first kappa shape index (κ1) is 16.3. The molecule has 0 bridgehead atoms. The molecule has 0 unspecified atom stereocenters. The van der Waals surface area contributed by atoms with Crippen molar-refractivity contribution in [3.05, 3.63) is 53.9 Å². The second kappa shape index (κ2) is 8.41. The monoisotopic (exact) mass is 317 g/mol. The van der Waals surface area contributed by atoms with Crippen molar-refractivity contribution < 1.29 is 9.53 Å². The van der Waals surface area contributed by atoms with E-state index < -0.39 is 5.91 Å². The molecule has 2 aromatic rings. The molecule has 5 nitrogen and oxygen atoms in total. The van der Waals surface area contributed by atoms with Crippen LogP contribution in [0.4, 0.5) is 0 Å². The predicted octanol–water partition coefficient (Wildman–Crippen LogP) is 2.43. The molecule has 1 heterocycles. The third-order valence-corrected chi connectivity index (χ3v) is 3.62. The quantitative estimate of drug-likeness (QED) is 0.731. The molecule has 6 heteroatoms. The van der Waals surface area contributed by atoms with Crippen LogP contribution < -0.4 is 15.8 Å². The minimum Gasteiger partial charge on any atom is -0.456 e. The third kappa shape index (κ3) is 4.75. The second-order valence-corrected chi connectivity index (χ2v) is 5.64. The average Bonchev–Trinajstić information content (AvgIpc) is 2.53. The molecule has 0 atom stereocenters. The van der Waals surface area contributed by atoms with Gasteiger partial charge in [-0.2, -0.15) is 11.8 Å². The molecule has 1 aromatic heterocycles. The van der Waals surface area contributed by atoms with Gasteiger partial charge in [-0.05, 0) is 30.0 Å². The van der Waals surface area contributed by atoms with Crippen molar-refractivity contribution in [1.82, 2.24) is 10.3 Å². The predicted molar refractivity (Wildman–Crippen MR) is 89.4 cm³/mol. The van der Waals surface area contributed by atoms with Crippen LogP contribution in [0.15, 0.2) is 42.7 Å². The number of nitrogens with two attached hydrogens (primary N) is 1. The number of ether oxygens (including phenoxy) is 1. The Morgan fingerprint density at radius 2 is 2.09 bits per heavy atom. The molecular weight excluding hydrogens is 298 g/mol. The molecule has 0 saturated heterocycles. The zero-order chi connectivity index (χ0) is 15.8. The molecule has 22 heavy (non-hydrogen) atoms. The molecule has 1 aromatic carbocycles. The molecule has 0 spiro atoms. The number of nitrogens with zero attached hydrogens (tertiary/aromatic N) is 1. The molecule has 116 valence electrons. The largest absolute Gasteiger partial charge is 0.456 e. The minimum atomic E-state index is -0.558. The Morgan fingerprint density at radius 3 is 2.77 bits per heavy atom. The lowest BCUT2D eigenvalue weighted by molar-refractivity contribution is 0.0997. The highest BCUT2D eigenvalue weighted by molar-refractivity contribution is 7.98. The van der Waals surface area contributed by atoms with E-state index in [2.05, 4.69) is 16.6 Å². The number of carbonyl (C=O) groups excluding carboxylic acids is 1. The molecule has 0 aliphatic carbocycles. The zero-order valence-electron chi connectivity index (χ0n) is 12.4. The van der Waals surface area contributed by atoms with Crippen molar-refractivity contribution in [2.45, 2.75) is 6.54 Å². The van der Waals surface area contributed by atoms with Crippen molar-refractivity contribution in [2.75, 3.05) is 18.6 Å². The van der Waals surface area contributed by atoms with Crippen LogP contribution in [0, 0.1) is 0 Å². The Labute approximate surface area is 134 Å². The summed E-state index contributed by atoms with van der Waals surface area (Å²) in [6, 6.07) is 9.35. The Morgan fingerprint density at radius 1 is 1.32 bits per heavy atom. The van der Waals surface area contributed by atoms with E-state index in [1.165, 1.54) is 11.8 Å². The Hall–Kier alpha value is -2.05. The normalized spacial score (nSPS) is 10.4. The van der Waals surface area contributed by atoms with Gasteiger partial charge in [0, 0.05) is 31.2 Å². The Bertz CT molecular complexity index is 617. The maximum atomic E-state index is 11.3. The van der Waals surface area contributed by atoms with Gasteiger partial charge < -0.3 is 15.8 Å². The molecular formula is C16H19N3O2S. The van der Waals surface area contributed by atoms with Crippen LogP contribution >= 0.6 is 11.8 Å². The van der Waals surface area contributed by atoms with Crippen molar-refractivity contribution >= 4 is 17.7 Å². The van der Waals surface area contributed by atoms with Crippen LogP contribution in [0.2, 0.25) is 0 Å². The maximum Gasteiger partial charge on any atom is 0.254 e. The van der Waals surface area contributed by atoms with E-state index >= 15 is 0 Å². The van der Waals surface area contributed by atoms with Crippen molar-refractivity contribution in [2.24, 2.45) is 5.73 Å². The van der Waals surface area contributed by atoms with Gasteiger partial charge in [0.15, 0.2) is 0 Å². The highest BCUT2D eigenvalue weighted by Crippen LogP contribution is 2.24. The number of hydrogen-bond acceptors (Lipinski definition) is 5. The molecule has 0 saturated carbocycles. The number of hydrogen-bond donors (Lipinski definition) is 2. The van der Waals surface area contributed by atoms with E-state index in [1.54, 1.807) is 12.3 Å². The Balaban J connectivity index is 1.98. The van der Waals surface area contributed by atoms with Gasteiger partial charge in [0.25, 0.3) is 5.91 Å². The maximum absolute atomic E-state index is 11.3. The lowest BCUT2D eigenvalue weighted by Gasteiger charge is -2.09. The summed E-state index contributed by atoms with van der Waals surface area (Å²) >= 11 is 1.82. The van der Waals surface area contributed by atoms with Crippen molar-refractivity contribution in [3.63, 3.8) is 0 Å². The summed E-state index contributed by atoms with van der Waals surface area (Å²) in [6.45, 7) is 1.81. The van der Waals surface area contributed by atoms with E-state index in [4.69, 9.17) is 10.5 Å². The fourth-order valence-electron chi connectivity index (χ4n) is 1.87. The van der Waals surface area contributed by atoms with Crippen LogP contribution in [-0.2, 0) is 6.54 Å². The first-order valence-corrected chi connectivity index (χ1v) is 8.30. The van der Waals surface area contributed by atoms with Crippen LogP contribution in [0.5, 0.6) is 11.5 Å². The van der Waals surface area contributed by atoms with Gasteiger partial charge in [0.1, 0.15) is 17.1 Å². The van der Waals surface area contributed by atoms with E-state index in [0.717, 1.165) is 18.8 Å². The number of primary amides is 1. The van der Waals surface area contributed by atoms with Gasteiger partial charge in [-0.3, -0.25) is 9.78 Å². The summed E-state index contributed by atoms with van der Waals surface area (Å²) < 4.78 is 5.70. The van der Waals surface area contributed by atoms with Gasteiger partial charge in [0.2, 0.25) is 0 Å². The fraction of sp³-hybridized carbons (Fsp3) is 0.250. The van der Waals surface area contributed by atoms with E-state index in [1.807, 2.05) is 36.0 Å². The number of carbonyl (C=O) groups is 1. The third-order valence-electron chi connectivity index (χ3n) is 3.01. The topological polar surface area (TPSA) is 77.2 Å². The number of thioether (sulfide) groups is 1. The van der Waals surface area contributed by atoms with Crippen LogP contribution in [0.1, 0.15) is 15.9 Å². The fourth-order valence-corrected chi connectivity index (χ4v) is 2.21. The summed E-state index contributed by atoms with van der Waals surface area (Å²) in [4.78, 5) is 15.2. The van der Waals surface area contributed by atoms with Crippen molar-refractivity contribution in [3.8, 4) is 11.5 Å². The zero-order valence-corrected chi connectivity index (χ0v) is 13.2. The molecule has 3 N–H and O–H groups in total. The Kier molecular flexibility index (Phi) is 6.24. The van der Waals surface area contributed by atoms with Crippen LogP contribution in [0.3, 0.4) is 0 Å². The van der Waals surface area contributed by atoms with E-state index in [-0.39, 0.29) is 5.56 Å². The summed E-state index contributed by atoms with van der Waals surface area (Å²) in [5, 5.41) is 3.36. The number of benzene rings is 1. The standard InChI is InChI=1S/C16H19N3O2S/c1-22-9-8-19-10-12-2-4-13(5-3-12)21-15-6-7-18-11-14(15)16(17)20/h2-7,11,19H,8-10H2,1H3,(H2,17,20). The second-order valence-electron chi connectivity index (χ2n) is 4.65. The van der Waals surface area contributed by atoms with Gasteiger partial charge in [-0.25, -0.2) is 0 Å². The number of aromatic nitrogens is 1. The number of nitrogens with one attached hydrogen (secondary N) is 1. The first-order valence-electron chi connectivity index (χ1n) is 6.91. The lowest BCUT2D eigenvalue weighted by atomic mass is 10.2. The average molecular weight is 317 g/mol. The van der Waals surface area contributed by atoms with Gasteiger partial charge in [-0.1, -0.05) is 12.1 Å². The summed E-state index contributed by atoms with van der Waals surface area (Å²) in [5.41, 5.74) is 6.75. The SMILES string of the molecule is CSCCNCc1ccc(Oc2ccncc2C(N)=O)cc1. The number of rotatable bonds is 8. The number of pyridine rings is 1.